The van der Waals surface area contributed by atoms with Crippen LogP contribution in [0, 0.1) is 0 Å². The van der Waals surface area contributed by atoms with Gasteiger partial charge in [-0.25, -0.2) is 8.42 Å². The molecule has 21 heavy (non-hydrogen) atoms. The van der Waals surface area contributed by atoms with Gasteiger partial charge in [0.25, 0.3) is 10.0 Å². The molecular formula is C12H14N4O3S2. The van der Waals surface area contributed by atoms with E-state index in [2.05, 4.69) is 14.9 Å². The molecule has 1 atom stereocenters. The summed E-state index contributed by atoms with van der Waals surface area (Å²) in [6.45, 7) is 0.703. The standard InChI is InChI=1S/C12H14N4O3S2/c13-8-3-1-4-9(7-8)21(17,18)16-12-15-14-11(20-12)10-5-2-6-19-10/h1,3-4,7,10H,2,5-6,13H2,(H,15,16). The third-order valence-corrected chi connectivity index (χ3v) is 5.43. The zero-order valence-corrected chi connectivity index (χ0v) is 12.7. The van der Waals surface area contributed by atoms with E-state index in [1.165, 1.54) is 23.5 Å². The fourth-order valence-corrected chi connectivity index (χ4v) is 4.15. The Labute approximate surface area is 126 Å². The number of sulfonamides is 1. The molecule has 1 aromatic heterocycles. The van der Waals surface area contributed by atoms with E-state index in [0.717, 1.165) is 12.8 Å². The first-order valence-electron chi connectivity index (χ1n) is 6.38. The van der Waals surface area contributed by atoms with Crippen molar-refractivity contribution < 1.29 is 13.2 Å². The van der Waals surface area contributed by atoms with Crippen LogP contribution in [0.5, 0.6) is 0 Å². The molecule has 1 saturated heterocycles. The van der Waals surface area contributed by atoms with Crippen molar-refractivity contribution in [2.75, 3.05) is 17.1 Å². The summed E-state index contributed by atoms with van der Waals surface area (Å²) in [5.41, 5.74) is 5.99. The first-order valence-corrected chi connectivity index (χ1v) is 8.68. The predicted molar refractivity (Wildman–Crippen MR) is 79.5 cm³/mol. The van der Waals surface area contributed by atoms with Crippen LogP contribution >= 0.6 is 11.3 Å². The van der Waals surface area contributed by atoms with Crippen LogP contribution in [0.2, 0.25) is 0 Å². The number of ether oxygens (including phenoxy) is 1. The van der Waals surface area contributed by atoms with Gasteiger partial charge in [-0.3, -0.25) is 4.72 Å². The average Bonchev–Trinajstić information content (AvgIpc) is 3.08. The van der Waals surface area contributed by atoms with E-state index in [1.54, 1.807) is 12.1 Å². The maximum absolute atomic E-state index is 12.2. The number of hydrogen-bond acceptors (Lipinski definition) is 7. The lowest BCUT2D eigenvalue weighted by Gasteiger charge is -2.05. The Bertz CT molecular complexity index is 738. The smallest absolute Gasteiger partial charge is 0.263 e. The maximum atomic E-state index is 12.2. The number of rotatable bonds is 4. The fourth-order valence-electron chi connectivity index (χ4n) is 2.03. The van der Waals surface area contributed by atoms with Crippen molar-refractivity contribution in [3.63, 3.8) is 0 Å². The Kier molecular flexibility index (Phi) is 3.79. The molecule has 0 radical (unpaired) electrons. The van der Waals surface area contributed by atoms with Crippen LogP contribution in [0.1, 0.15) is 24.0 Å². The van der Waals surface area contributed by atoms with E-state index in [1.807, 2.05) is 0 Å². The van der Waals surface area contributed by atoms with Gasteiger partial charge in [0.1, 0.15) is 11.1 Å². The molecule has 2 aromatic rings. The molecule has 1 unspecified atom stereocenters. The second-order valence-electron chi connectivity index (χ2n) is 4.63. The van der Waals surface area contributed by atoms with E-state index in [4.69, 9.17) is 10.5 Å². The summed E-state index contributed by atoms with van der Waals surface area (Å²) < 4.78 is 32.4. The highest BCUT2D eigenvalue weighted by Crippen LogP contribution is 2.32. The van der Waals surface area contributed by atoms with Gasteiger partial charge in [0.15, 0.2) is 0 Å². The van der Waals surface area contributed by atoms with Crippen molar-refractivity contribution >= 4 is 32.2 Å². The number of nitrogen functional groups attached to an aromatic ring is 1. The third kappa shape index (κ3) is 3.14. The molecule has 2 heterocycles. The van der Waals surface area contributed by atoms with E-state index < -0.39 is 10.0 Å². The number of nitrogens with zero attached hydrogens (tertiary/aromatic N) is 2. The Morgan fingerprint density at radius 1 is 1.38 bits per heavy atom. The van der Waals surface area contributed by atoms with Crippen LogP contribution in [-0.2, 0) is 14.8 Å². The summed E-state index contributed by atoms with van der Waals surface area (Å²) in [5, 5.41) is 8.76. The van der Waals surface area contributed by atoms with Crippen LogP contribution in [0.3, 0.4) is 0 Å². The lowest BCUT2D eigenvalue weighted by molar-refractivity contribution is 0.111. The van der Waals surface area contributed by atoms with Gasteiger partial charge in [-0.2, -0.15) is 0 Å². The third-order valence-electron chi connectivity index (χ3n) is 3.04. The van der Waals surface area contributed by atoms with Crippen LogP contribution < -0.4 is 10.5 Å². The molecule has 3 rings (SSSR count). The molecule has 1 aliphatic heterocycles. The Morgan fingerprint density at radius 2 is 2.24 bits per heavy atom. The van der Waals surface area contributed by atoms with Crippen molar-refractivity contribution in [2.24, 2.45) is 0 Å². The highest BCUT2D eigenvalue weighted by Gasteiger charge is 2.23. The molecule has 0 spiro atoms. The molecule has 9 heteroatoms. The molecule has 0 saturated carbocycles. The van der Waals surface area contributed by atoms with Gasteiger partial charge in [-0.1, -0.05) is 17.4 Å². The topological polar surface area (TPSA) is 107 Å². The van der Waals surface area contributed by atoms with Crippen molar-refractivity contribution in [3.05, 3.63) is 29.3 Å². The fraction of sp³-hybridized carbons (Fsp3) is 0.333. The number of nitrogens with two attached hydrogens (primary N) is 1. The molecule has 112 valence electrons. The molecule has 7 nitrogen and oxygen atoms in total. The van der Waals surface area contributed by atoms with Crippen LogP contribution in [0.4, 0.5) is 10.8 Å². The Hall–Kier alpha value is -1.71. The highest BCUT2D eigenvalue weighted by molar-refractivity contribution is 7.93. The van der Waals surface area contributed by atoms with E-state index in [9.17, 15) is 8.42 Å². The van der Waals surface area contributed by atoms with E-state index >= 15 is 0 Å². The van der Waals surface area contributed by atoms with Gasteiger partial charge < -0.3 is 10.5 Å². The van der Waals surface area contributed by atoms with Gasteiger partial charge in [0.2, 0.25) is 5.13 Å². The Balaban J connectivity index is 1.79. The normalized spacial score (nSPS) is 18.8. The number of hydrogen-bond donors (Lipinski definition) is 2. The predicted octanol–water partition coefficient (Wildman–Crippen LogP) is 1.77. The largest absolute Gasteiger partial charge is 0.399 e. The molecule has 3 N–H and O–H groups in total. The second-order valence-corrected chi connectivity index (χ2v) is 7.32. The maximum Gasteiger partial charge on any atom is 0.263 e. The van der Waals surface area contributed by atoms with Gasteiger partial charge in [0.05, 0.1) is 4.90 Å². The summed E-state index contributed by atoms with van der Waals surface area (Å²) in [5.74, 6) is 0. The zero-order valence-electron chi connectivity index (χ0n) is 11.0. The van der Waals surface area contributed by atoms with Crippen molar-refractivity contribution in [1.82, 2.24) is 10.2 Å². The van der Waals surface area contributed by atoms with Gasteiger partial charge in [-0.05, 0) is 31.0 Å². The molecule has 0 bridgehead atoms. The van der Waals surface area contributed by atoms with Crippen molar-refractivity contribution in [1.29, 1.82) is 0 Å². The molecular weight excluding hydrogens is 312 g/mol. The number of nitrogens with one attached hydrogen (secondary N) is 1. The van der Waals surface area contributed by atoms with Gasteiger partial charge in [-0.15, -0.1) is 10.2 Å². The second kappa shape index (κ2) is 5.58. The van der Waals surface area contributed by atoms with Crippen molar-refractivity contribution in [2.45, 2.75) is 23.8 Å². The minimum Gasteiger partial charge on any atom is -0.399 e. The quantitative estimate of drug-likeness (QED) is 0.829. The summed E-state index contributed by atoms with van der Waals surface area (Å²) >= 11 is 1.19. The summed E-state index contributed by atoms with van der Waals surface area (Å²) in [6.07, 6.45) is 1.79. The summed E-state index contributed by atoms with van der Waals surface area (Å²) in [7, 11) is -3.71. The molecule has 0 amide bonds. The van der Waals surface area contributed by atoms with Crippen molar-refractivity contribution in [3.8, 4) is 0 Å². The lowest BCUT2D eigenvalue weighted by Crippen LogP contribution is -2.13. The zero-order chi connectivity index (χ0) is 14.9. The molecule has 1 aromatic carbocycles. The first kappa shape index (κ1) is 14.2. The van der Waals surface area contributed by atoms with Gasteiger partial charge in [0, 0.05) is 12.3 Å². The minimum atomic E-state index is -3.71. The minimum absolute atomic E-state index is 0.0758. The van der Waals surface area contributed by atoms with Crippen LogP contribution in [0.25, 0.3) is 0 Å². The SMILES string of the molecule is Nc1cccc(S(=O)(=O)Nc2nnc(C3CCCO3)s2)c1. The molecule has 1 aliphatic rings. The number of aromatic nitrogens is 2. The van der Waals surface area contributed by atoms with E-state index in [-0.39, 0.29) is 16.1 Å². The van der Waals surface area contributed by atoms with E-state index in [0.29, 0.717) is 17.3 Å². The first-order chi connectivity index (χ1) is 10.0. The number of anilines is 2. The lowest BCUT2D eigenvalue weighted by atomic mass is 10.2. The molecule has 1 fully saturated rings. The number of benzene rings is 1. The monoisotopic (exact) mass is 326 g/mol. The molecule has 0 aliphatic carbocycles. The highest BCUT2D eigenvalue weighted by atomic mass is 32.2. The average molecular weight is 326 g/mol. The van der Waals surface area contributed by atoms with Crippen LogP contribution in [0.15, 0.2) is 29.2 Å². The Morgan fingerprint density at radius 3 is 2.95 bits per heavy atom. The van der Waals surface area contributed by atoms with Crippen LogP contribution in [-0.4, -0.2) is 25.2 Å². The summed E-state index contributed by atoms with van der Waals surface area (Å²) in [6, 6.07) is 6.08. The summed E-state index contributed by atoms with van der Waals surface area (Å²) in [4.78, 5) is 0.0939. The van der Waals surface area contributed by atoms with Gasteiger partial charge >= 0.3 is 0 Å².